The standard InChI is InChI=1S/C12H15N3O2S/c16-18(17)11-7-3-2-6-10(11)12(14-18)13-15-8-4-1-5-9-15/h2-3,6-7H,1,4-5,8-9H2,(H,13,14). The number of hydrogen-bond donors (Lipinski definition) is 1. The Kier molecular flexibility index (Phi) is 2.83. The zero-order chi connectivity index (χ0) is 12.6. The Labute approximate surface area is 107 Å². The summed E-state index contributed by atoms with van der Waals surface area (Å²) in [5, 5.41) is 2.04. The molecule has 1 saturated heterocycles. The molecule has 0 atom stereocenters. The highest BCUT2D eigenvalue weighted by molar-refractivity contribution is 7.90. The van der Waals surface area contributed by atoms with Crippen molar-refractivity contribution in [1.82, 2.24) is 10.4 Å². The average Bonchev–Trinajstić information content (AvgIpc) is 2.63. The van der Waals surface area contributed by atoms with E-state index in [0.717, 1.165) is 25.9 Å². The van der Waals surface area contributed by atoms with Crippen molar-refractivity contribution in [2.24, 2.45) is 4.40 Å². The van der Waals surface area contributed by atoms with E-state index in [-0.39, 0.29) is 0 Å². The highest BCUT2D eigenvalue weighted by Crippen LogP contribution is 2.25. The van der Waals surface area contributed by atoms with Gasteiger partial charge in [-0.25, -0.2) is 5.01 Å². The molecule has 1 fully saturated rings. The van der Waals surface area contributed by atoms with Gasteiger partial charge in [0.05, 0.1) is 0 Å². The molecule has 96 valence electrons. The maximum absolute atomic E-state index is 11.9. The van der Waals surface area contributed by atoms with Crippen LogP contribution in [-0.4, -0.2) is 32.4 Å². The molecule has 0 saturated carbocycles. The maximum atomic E-state index is 11.9. The van der Waals surface area contributed by atoms with Gasteiger partial charge < -0.3 is 5.43 Å². The van der Waals surface area contributed by atoms with Crippen LogP contribution in [0.25, 0.3) is 0 Å². The van der Waals surface area contributed by atoms with E-state index in [9.17, 15) is 8.42 Å². The van der Waals surface area contributed by atoms with Crippen molar-refractivity contribution >= 4 is 15.9 Å². The fraction of sp³-hybridized carbons (Fsp3) is 0.417. The van der Waals surface area contributed by atoms with E-state index in [0.29, 0.717) is 16.3 Å². The molecule has 0 spiro atoms. The lowest BCUT2D eigenvalue weighted by Crippen LogP contribution is -2.45. The molecule has 0 bridgehead atoms. The van der Waals surface area contributed by atoms with Crippen LogP contribution in [0, 0.1) is 0 Å². The Morgan fingerprint density at radius 3 is 2.61 bits per heavy atom. The van der Waals surface area contributed by atoms with Crippen LogP contribution in [0.1, 0.15) is 24.8 Å². The number of hydrazine groups is 1. The third-order valence-corrected chi connectivity index (χ3v) is 4.59. The van der Waals surface area contributed by atoms with E-state index in [1.807, 2.05) is 11.1 Å². The number of nitrogens with one attached hydrogen (secondary N) is 1. The van der Waals surface area contributed by atoms with Crippen molar-refractivity contribution in [3.63, 3.8) is 0 Å². The number of benzene rings is 1. The molecule has 0 aromatic heterocycles. The van der Waals surface area contributed by atoms with Crippen LogP contribution in [0.4, 0.5) is 0 Å². The monoisotopic (exact) mass is 265 g/mol. The lowest BCUT2D eigenvalue weighted by atomic mass is 10.1. The van der Waals surface area contributed by atoms with Crippen LogP contribution in [0.3, 0.4) is 0 Å². The van der Waals surface area contributed by atoms with Gasteiger partial charge in [-0.05, 0) is 25.0 Å². The normalized spacial score (nSPS) is 22.3. The summed E-state index contributed by atoms with van der Waals surface area (Å²) in [7, 11) is -3.51. The molecule has 6 heteroatoms. The number of hydrogen-bond acceptors (Lipinski definition) is 4. The average molecular weight is 265 g/mol. The van der Waals surface area contributed by atoms with Crippen LogP contribution in [0.2, 0.25) is 0 Å². The Morgan fingerprint density at radius 2 is 1.83 bits per heavy atom. The smallest absolute Gasteiger partial charge is 0.285 e. The molecular weight excluding hydrogens is 250 g/mol. The first kappa shape index (κ1) is 11.7. The highest BCUT2D eigenvalue weighted by Gasteiger charge is 2.29. The van der Waals surface area contributed by atoms with Gasteiger partial charge in [-0.1, -0.05) is 18.6 Å². The SMILES string of the molecule is O=S1(=O)N=C(NN2CCCCC2)c2ccccc21. The van der Waals surface area contributed by atoms with Crippen LogP contribution in [0.15, 0.2) is 33.6 Å². The molecule has 0 aliphatic carbocycles. The van der Waals surface area contributed by atoms with Gasteiger partial charge in [-0.3, -0.25) is 0 Å². The number of fused-ring (bicyclic) bond motifs is 1. The predicted octanol–water partition coefficient (Wildman–Crippen LogP) is 1.13. The molecule has 0 unspecified atom stereocenters. The molecule has 0 radical (unpaired) electrons. The molecule has 1 aromatic carbocycles. The first-order valence-corrected chi connectivity index (χ1v) is 7.57. The summed E-state index contributed by atoms with van der Waals surface area (Å²) in [6.45, 7) is 1.86. The Morgan fingerprint density at radius 1 is 1.11 bits per heavy atom. The highest BCUT2D eigenvalue weighted by atomic mass is 32.2. The topological polar surface area (TPSA) is 61.8 Å². The van der Waals surface area contributed by atoms with Gasteiger partial charge in [-0.15, -0.1) is 4.40 Å². The fourth-order valence-electron chi connectivity index (χ4n) is 2.34. The molecule has 1 N–H and O–H groups in total. The van der Waals surface area contributed by atoms with Crippen molar-refractivity contribution in [1.29, 1.82) is 0 Å². The summed E-state index contributed by atoms with van der Waals surface area (Å²) in [4.78, 5) is 0.296. The van der Waals surface area contributed by atoms with Crippen LogP contribution in [-0.2, 0) is 10.0 Å². The first-order chi connectivity index (χ1) is 8.67. The van der Waals surface area contributed by atoms with Crippen molar-refractivity contribution in [3.8, 4) is 0 Å². The molecule has 3 rings (SSSR count). The molecule has 1 aromatic rings. The minimum atomic E-state index is -3.51. The summed E-state index contributed by atoms with van der Waals surface area (Å²) in [5.41, 5.74) is 3.80. The number of piperidine rings is 1. The lowest BCUT2D eigenvalue weighted by Gasteiger charge is -2.27. The minimum Gasteiger partial charge on any atom is -0.302 e. The number of nitrogens with zero attached hydrogens (tertiary/aromatic N) is 2. The molecule has 5 nitrogen and oxygen atoms in total. The van der Waals surface area contributed by atoms with Crippen molar-refractivity contribution in [3.05, 3.63) is 29.8 Å². The minimum absolute atomic E-state index is 0.296. The second-order valence-electron chi connectivity index (χ2n) is 4.57. The quantitative estimate of drug-likeness (QED) is 0.826. The Bertz CT molecular complexity index is 589. The van der Waals surface area contributed by atoms with Crippen LogP contribution in [0.5, 0.6) is 0 Å². The van der Waals surface area contributed by atoms with Gasteiger partial charge in [0.2, 0.25) is 0 Å². The molecule has 18 heavy (non-hydrogen) atoms. The van der Waals surface area contributed by atoms with E-state index < -0.39 is 10.0 Å². The fourth-order valence-corrected chi connectivity index (χ4v) is 3.51. The number of rotatable bonds is 1. The van der Waals surface area contributed by atoms with Crippen molar-refractivity contribution in [2.45, 2.75) is 24.2 Å². The van der Waals surface area contributed by atoms with E-state index >= 15 is 0 Å². The van der Waals surface area contributed by atoms with E-state index in [2.05, 4.69) is 9.82 Å². The van der Waals surface area contributed by atoms with Crippen molar-refractivity contribution in [2.75, 3.05) is 13.1 Å². The van der Waals surface area contributed by atoms with Gasteiger partial charge in [0.15, 0.2) is 5.84 Å². The molecule has 2 heterocycles. The van der Waals surface area contributed by atoms with E-state index in [1.54, 1.807) is 18.2 Å². The molecule has 2 aliphatic heterocycles. The molecule has 2 aliphatic rings. The Hall–Kier alpha value is -1.40. The number of sulfonamides is 1. The summed E-state index contributed by atoms with van der Waals surface area (Å²) < 4.78 is 27.5. The zero-order valence-corrected chi connectivity index (χ0v) is 10.8. The van der Waals surface area contributed by atoms with Gasteiger partial charge in [0, 0.05) is 18.7 Å². The first-order valence-electron chi connectivity index (χ1n) is 6.13. The van der Waals surface area contributed by atoms with E-state index in [4.69, 9.17) is 0 Å². The summed E-state index contributed by atoms with van der Waals surface area (Å²) in [6.07, 6.45) is 3.50. The Balaban J connectivity index is 1.89. The van der Waals surface area contributed by atoms with E-state index in [1.165, 1.54) is 6.42 Å². The number of amidine groups is 1. The second kappa shape index (κ2) is 4.37. The predicted molar refractivity (Wildman–Crippen MR) is 68.7 cm³/mol. The molecular formula is C12H15N3O2S. The largest absolute Gasteiger partial charge is 0.302 e. The third-order valence-electron chi connectivity index (χ3n) is 3.25. The zero-order valence-electron chi connectivity index (χ0n) is 9.96. The second-order valence-corrected chi connectivity index (χ2v) is 6.14. The van der Waals surface area contributed by atoms with Gasteiger partial charge in [0.25, 0.3) is 10.0 Å². The summed E-state index contributed by atoms with van der Waals surface area (Å²) >= 11 is 0. The van der Waals surface area contributed by atoms with Crippen LogP contribution < -0.4 is 5.43 Å². The van der Waals surface area contributed by atoms with Gasteiger partial charge in [0.1, 0.15) is 4.90 Å². The third kappa shape index (κ3) is 2.02. The van der Waals surface area contributed by atoms with Gasteiger partial charge in [-0.2, -0.15) is 8.42 Å². The lowest BCUT2D eigenvalue weighted by molar-refractivity contribution is 0.195. The summed E-state index contributed by atoms with van der Waals surface area (Å²) in [5.74, 6) is 0.451. The summed E-state index contributed by atoms with van der Waals surface area (Å²) in [6, 6.07) is 6.93. The van der Waals surface area contributed by atoms with Crippen LogP contribution >= 0.6 is 0 Å². The molecule has 0 amide bonds. The maximum Gasteiger partial charge on any atom is 0.285 e. The van der Waals surface area contributed by atoms with Crippen molar-refractivity contribution < 1.29 is 8.42 Å². The van der Waals surface area contributed by atoms with Gasteiger partial charge >= 0.3 is 0 Å².